The van der Waals surface area contributed by atoms with Gasteiger partial charge in [-0.2, -0.15) is 0 Å². The van der Waals surface area contributed by atoms with E-state index in [0.717, 1.165) is 5.39 Å². The molecule has 0 bridgehead atoms. The summed E-state index contributed by atoms with van der Waals surface area (Å²) in [6.07, 6.45) is -2.58. The normalized spacial score (nSPS) is 11.6. The zero-order valence-corrected chi connectivity index (χ0v) is 9.64. The maximum absolute atomic E-state index is 13.0. The Morgan fingerprint density at radius 2 is 1.62 bits per heavy atom. The smallest absolute Gasteiger partial charge is 0.205 e. The Balaban J connectivity index is 2.79. The van der Waals surface area contributed by atoms with Crippen molar-refractivity contribution in [1.29, 1.82) is 0 Å². The molecule has 2 aromatic carbocycles. The van der Waals surface area contributed by atoms with Gasteiger partial charge in [0, 0.05) is 5.56 Å². The predicted molar refractivity (Wildman–Crippen MR) is 63.4 cm³/mol. The molecular weight excluding hydrogens is 253 g/mol. The Kier molecular flexibility index (Phi) is 3.31. The lowest BCUT2D eigenvalue weighted by Crippen LogP contribution is -1.95. The largest absolute Gasteiger partial charge is 0.264 e. The van der Waals surface area contributed by atoms with E-state index in [2.05, 4.69) is 0 Å². The van der Waals surface area contributed by atoms with Crippen molar-refractivity contribution < 1.29 is 8.78 Å². The van der Waals surface area contributed by atoms with Crippen molar-refractivity contribution in [2.45, 2.75) is 11.3 Å². The Hall–Kier alpha value is -0.860. The highest BCUT2D eigenvalue weighted by Crippen LogP contribution is 2.37. The third kappa shape index (κ3) is 2.00. The first kappa shape index (κ1) is 11.6. The van der Waals surface area contributed by atoms with Crippen LogP contribution in [0.4, 0.5) is 8.78 Å². The summed E-state index contributed by atoms with van der Waals surface area (Å²) in [5, 5.41) is 1.26. The molecule has 0 radical (unpaired) electrons. The van der Waals surface area contributed by atoms with Crippen molar-refractivity contribution in [1.82, 2.24) is 0 Å². The molecule has 0 aliphatic carbocycles. The Labute approximate surface area is 102 Å². The standard InChI is InChI=1S/C12H8Cl2F2/c13-11(14)9-6-5-7-3-1-2-4-8(7)10(9)12(15)16/h1-6,11-12H. The molecule has 0 nitrogen and oxygen atoms in total. The van der Waals surface area contributed by atoms with Crippen LogP contribution < -0.4 is 0 Å². The van der Waals surface area contributed by atoms with Crippen LogP contribution >= 0.6 is 23.2 Å². The van der Waals surface area contributed by atoms with Crippen LogP contribution in [0.25, 0.3) is 10.8 Å². The first-order valence-electron chi connectivity index (χ1n) is 4.69. The van der Waals surface area contributed by atoms with E-state index in [9.17, 15) is 8.78 Å². The van der Waals surface area contributed by atoms with Crippen molar-refractivity contribution in [2.75, 3.05) is 0 Å². The molecule has 0 amide bonds. The van der Waals surface area contributed by atoms with Crippen molar-refractivity contribution in [3.05, 3.63) is 47.5 Å². The molecule has 84 valence electrons. The van der Waals surface area contributed by atoms with E-state index in [1.54, 1.807) is 36.4 Å². The van der Waals surface area contributed by atoms with Gasteiger partial charge in [-0.15, -0.1) is 23.2 Å². The van der Waals surface area contributed by atoms with E-state index >= 15 is 0 Å². The second kappa shape index (κ2) is 4.56. The first-order chi connectivity index (χ1) is 7.61. The second-order valence-electron chi connectivity index (χ2n) is 3.39. The van der Waals surface area contributed by atoms with E-state index in [-0.39, 0.29) is 11.1 Å². The highest BCUT2D eigenvalue weighted by atomic mass is 35.5. The molecule has 0 saturated heterocycles. The zero-order chi connectivity index (χ0) is 11.7. The molecule has 0 aromatic heterocycles. The fourth-order valence-electron chi connectivity index (χ4n) is 1.75. The number of fused-ring (bicyclic) bond motifs is 1. The van der Waals surface area contributed by atoms with Gasteiger partial charge in [-0.25, -0.2) is 8.78 Å². The molecule has 0 aliphatic heterocycles. The number of rotatable bonds is 2. The molecular formula is C12H8Cl2F2. The number of hydrogen-bond acceptors (Lipinski definition) is 0. The molecule has 0 atom stereocenters. The van der Waals surface area contributed by atoms with E-state index in [0.29, 0.717) is 5.39 Å². The summed E-state index contributed by atoms with van der Waals surface area (Å²) in [6.45, 7) is 0. The SMILES string of the molecule is FC(F)c1c(C(Cl)Cl)ccc2ccccc12. The van der Waals surface area contributed by atoms with Gasteiger partial charge in [0.25, 0.3) is 6.43 Å². The predicted octanol–water partition coefficient (Wildman–Crippen LogP) is 5.25. The summed E-state index contributed by atoms with van der Waals surface area (Å²) in [5.74, 6) is 0. The number of benzene rings is 2. The van der Waals surface area contributed by atoms with Crippen molar-refractivity contribution >= 4 is 34.0 Å². The van der Waals surface area contributed by atoms with Crippen LogP contribution in [0.1, 0.15) is 22.4 Å². The monoisotopic (exact) mass is 260 g/mol. The Bertz CT molecular complexity index is 509. The molecule has 0 saturated carbocycles. The van der Waals surface area contributed by atoms with Crippen LogP contribution in [0.3, 0.4) is 0 Å². The molecule has 0 spiro atoms. The molecule has 16 heavy (non-hydrogen) atoms. The molecule has 0 unspecified atom stereocenters. The summed E-state index contributed by atoms with van der Waals surface area (Å²) in [6, 6.07) is 10.2. The maximum Gasteiger partial charge on any atom is 0.264 e. The Morgan fingerprint density at radius 1 is 0.938 bits per heavy atom. The molecule has 0 fully saturated rings. The number of alkyl halides is 4. The average Bonchev–Trinajstić information content (AvgIpc) is 2.27. The number of hydrogen-bond donors (Lipinski definition) is 0. The van der Waals surface area contributed by atoms with Gasteiger partial charge in [-0.3, -0.25) is 0 Å². The van der Waals surface area contributed by atoms with Crippen LogP contribution in [-0.2, 0) is 0 Å². The third-order valence-electron chi connectivity index (χ3n) is 2.46. The van der Waals surface area contributed by atoms with Gasteiger partial charge in [0.1, 0.15) is 4.84 Å². The minimum absolute atomic E-state index is 0.0758. The van der Waals surface area contributed by atoms with Gasteiger partial charge in [0.05, 0.1) is 0 Å². The molecule has 2 aromatic rings. The van der Waals surface area contributed by atoms with Crippen molar-refractivity contribution in [3.63, 3.8) is 0 Å². The minimum Gasteiger partial charge on any atom is -0.205 e. The van der Waals surface area contributed by atoms with E-state index in [4.69, 9.17) is 23.2 Å². The molecule has 4 heteroatoms. The highest BCUT2D eigenvalue weighted by molar-refractivity contribution is 6.44. The second-order valence-corrected chi connectivity index (χ2v) is 4.49. The van der Waals surface area contributed by atoms with Crippen LogP contribution in [0, 0.1) is 0 Å². The quantitative estimate of drug-likeness (QED) is 0.647. The minimum atomic E-state index is -2.58. The van der Waals surface area contributed by atoms with Gasteiger partial charge in [0.15, 0.2) is 0 Å². The first-order valence-corrected chi connectivity index (χ1v) is 5.56. The molecule has 0 heterocycles. The lowest BCUT2D eigenvalue weighted by molar-refractivity contribution is 0.152. The van der Waals surface area contributed by atoms with Crippen molar-refractivity contribution in [3.8, 4) is 0 Å². The average molecular weight is 261 g/mol. The summed E-state index contributed by atoms with van der Waals surface area (Å²) < 4.78 is 26.0. The number of halogens is 4. The van der Waals surface area contributed by atoms with Gasteiger partial charge in [-0.1, -0.05) is 36.4 Å². The van der Waals surface area contributed by atoms with E-state index in [1.807, 2.05) is 0 Å². The lowest BCUT2D eigenvalue weighted by Gasteiger charge is -2.12. The van der Waals surface area contributed by atoms with Gasteiger partial charge < -0.3 is 0 Å². The summed E-state index contributed by atoms with van der Waals surface area (Å²) >= 11 is 11.4. The fourth-order valence-corrected chi connectivity index (χ4v) is 2.13. The molecule has 2 rings (SSSR count). The summed E-state index contributed by atoms with van der Waals surface area (Å²) in [4.78, 5) is -0.936. The fraction of sp³-hybridized carbons (Fsp3) is 0.167. The third-order valence-corrected chi connectivity index (χ3v) is 2.93. The van der Waals surface area contributed by atoms with Crippen LogP contribution in [0.15, 0.2) is 36.4 Å². The van der Waals surface area contributed by atoms with Crippen LogP contribution in [0.5, 0.6) is 0 Å². The highest BCUT2D eigenvalue weighted by Gasteiger charge is 2.19. The summed E-state index contributed by atoms with van der Waals surface area (Å²) in [7, 11) is 0. The zero-order valence-electron chi connectivity index (χ0n) is 8.13. The van der Waals surface area contributed by atoms with Crippen molar-refractivity contribution in [2.24, 2.45) is 0 Å². The lowest BCUT2D eigenvalue weighted by atomic mass is 10.00. The van der Waals surface area contributed by atoms with Gasteiger partial charge in [0.2, 0.25) is 0 Å². The Morgan fingerprint density at radius 3 is 2.25 bits per heavy atom. The van der Waals surface area contributed by atoms with E-state index < -0.39 is 11.3 Å². The molecule has 0 N–H and O–H groups in total. The summed E-state index contributed by atoms with van der Waals surface area (Å²) in [5.41, 5.74) is 0.199. The topological polar surface area (TPSA) is 0 Å². The van der Waals surface area contributed by atoms with E-state index in [1.165, 1.54) is 0 Å². The van der Waals surface area contributed by atoms with Crippen LogP contribution in [0.2, 0.25) is 0 Å². The van der Waals surface area contributed by atoms with Gasteiger partial charge >= 0.3 is 0 Å². The van der Waals surface area contributed by atoms with Crippen LogP contribution in [-0.4, -0.2) is 0 Å². The maximum atomic E-state index is 13.0. The molecule has 0 aliphatic rings. The van der Waals surface area contributed by atoms with Gasteiger partial charge in [-0.05, 0) is 16.3 Å².